The van der Waals surface area contributed by atoms with Crippen LogP contribution in [0.5, 0.6) is 17.2 Å². The maximum Gasteiger partial charge on any atom is 0.322 e. The fourth-order valence-corrected chi connectivity index (χ4v) is 3.01. The number of ether oxygens (including phenoxy) is 2. The Kier molecular flexibility index (Phi) is 7.33. The van der Waals surface area contributed by atoms with Crippen molar-refractivity contribution in [2.45, 2.75) is 33.4 Å². The first kappa shape index (κ1) is 21.2. The summed E-state index contributed by atoms with van der Waals surface area (Å²) >= 11 is 0. The van der Waals surface area contributed by atoms with Crippen molar-refractivity contribution in [2.24, 2.45) is 0 Å². The van der Waals surface area contributed by atoms with Crippen LogP contribution in [0.1, 0.15) is 26.3 Å². The highest BCUT2D eigenvalue weighted by atomic mass is 16.5. The molecule has 2 amide bonds. The Balaban J connectivity index is 1.67. The molecular formula is C25H28N2O3. The molecule has 0 aliphatic heterocycles. The second-order valence-corrected chi connectivity index (χ2v) is 7.17. The molecule has 0 fully saturated rings. The van der Waals surface area contributed by atoms with Crippen LogP contribution in [0.15, 0.2) is 78.9 Å². The molecule has 1 N–H and O–H groups in total. The lowest BCUT2D eigenvalue weighted by molar-refractivity contribution is 0.193. The van der Waals surface area contributed by atoms with Gasteiger partial charge in [0.15, 0.2) is 0 Å². The molecule has 3 rings (SSSR count). The minimum absolute atomic E-state index is 0.0337. The molecule has 3 aromatic rings. The van der Waals surface area contributed by atoms with Gasteiger partial charge in [0.2, 0.25) is 0 Å². The number of carbonyl (C=O) groups excluding carboxylic acids is 1. The molecule has 5 heteroatoms. The maximum absolute atomic E-state index is 12.9. The average Bonchev–Trinajstić information content (AvgIpc) is 2.74. The Morgan fingerprint density at radius 2 is 1.60 bits per heavy atom. The standard InChI is InChI=1S/C25H28N2O3/c1-4-29-22-15-13-21(14-16-22)26-25(28)27(19(2)3)18-20-9-8-12-24(17-20)30-23-10-6-5-7-11-23/h5-17,19H,4,18H2,1-3H3,(H,26,28). The van der Waals surface area contributed by atoms with E-state index in [2.05, 4.69) is 5.32 Å². The second-order valence-electron chi connectivity index (χ2n) is 7.17. The van der Waals surface area contributed by atoms with E-state index >= 15 is 0 Å². The average molecular weight is 405 g/mol. The molecule has 0 unspecified atom stereocenters. The molecule has 5 nitrogen and oxygen atoms in total. The molecule has 0 spiro atoms. The first-order chi connectivity index (χ1) is 14.5. The van der Waals surface area contributed by atoms with Crippen molar-refractivity contribution in [3.63, 3.8) is 0 Å². The van der Waals surface area contributed by atoms with E-state index in [1.807, 2.05) is 99.6 Å². The Morgan fingerprint density at radius 1 is 0.900 bits per heavy atom. The van der Waals surface area contributed by atoms with E-state index in [0.29, 0.717) is 13.2 Å². The Morgan fingerprint density at radius 3 is 2.27 bits per heavy atom. The number of nitrogens with one attached hydrogen (secondary N) is 1. The molecule has 0 atom stereocenters. The molecule has 0 bridgehead atoms. The van der Waals surface area contributed by atoms with Gasteiger partial charge in [0.25, 0.3) is 0 Å². The highest BCUT2D eigenvalue weighted by molar-refractivity contribution is 5.89. The van der Waals surface area contributed by atoms with E-state index in [1.165, 1.54) is 0 Å². The Labute approximate surface area is 178 Å². The highest BCUT2D eigenvalue weighted by Crippen LogP contribution is 2.23. The van der Waals surface area contributed by atoms with Gasteiger partial charge in [-0.2, -0.15) is 0 Å². The van der Waals surface area contributed by atoms with Crippen LogP contribution in [0.2, 0.25) is 0 Å². The molecule has 0 aliphatic carbocycles. The van der Waals surface area contributed by atoms with E-state index in [0.717, 1.165) is 28.5 Å². The predicted molar refractivity (Wildman–Crippen MR) is 120 cm³/mol. The third kappa shape index (κ3) is 6.01. The summed E-state index contributed by atoms with van der Waals surface area (Å²) in [6.45, 7) is 7.03. The van der Waals surface area contributed by atoms with E-state index in [9.17, 15) is 4.79 Å². The number of benzene rings is 3. The first-order valence-electron chi connectivity index (χ1n) is 10.2. The van der Waals surface area contributed by atoms with Crippen LogP contribution in [-0.2, 0) is 6.54 Å². The minimum Gasteiger partial charge on any atom is -0.494 e. The SMILES string of the molecule is CCOc1ccc(NC(=O)N(Cc2cccc(Oc3ccccc3)c2)C(C)C)cc1. The molecule has 0 saturated carbocycles. The number of rotatable bonds is 8. The van der Waals surface area contributed by atoms with Crippen molar-refractivity contribution in [3.05, 3.63) is 84.4 Å². The molecule has 0 heterocycles. The maximum atomic E-state index is 12.9. The molecule has 156 valence electrons. The molecular weight excluding hydrogens is 376 g/mol. The number of anilines is 1. The lowest BCUT2D eigenvalue weighted by Crippen LogP contribution is -2.39. The summed E-state index contributed by atoms with van der Waals surface area (Å²) < 4.78 is 11.4. The summed E-state index contributed by atoms with van der Waals surface area (Å²) in [5.41, 5.74) is 1.73. The lowest BCUT2D eigenvalue weighted by Gasteiger charge is -2.27. The van der Waals surface area contributed by atoms with Crippen LogP contribution in [0, 0.1) is 0 Å². The van der Waals surface area contributed by atoms with Crippen LogP contribution >= 0.6 is 0 Å². The van der Waals surface area contributed by atoms with Gasteiger partial charge in [0.1, 0.15) is 17.2 Å². The van der Waals surface area contributed by atoms with Gasteiger partial charge in [-0.3, -0.25) is 0 Å². The fourth-order valence-electron chi connectivity index (χ4n) is 3.01. The summed E-state index contributed by atoms with van der Waals surface area (Å²) in [6.07, 6.45) is 0. The molecule has 0 saturated heterocycles. The van der Waals surface area contributed by atoms with E-state index in [1.54, 1.807) is 4.90 Å². The van der Waals surface area contributed by atoms with Crippen molar-refractivity contribution < 1.29 is 14.3 Å². The summed E-state index contributed by atoms with van der Waals surface area (Å²) in [7, 11) is 0. The monoisotopic (exact) mass is 404 g/mol. The zero-order valence-corrected chi connectivity index (χ0v) is 17.7. The molecule has 0 radical (unpaired) electrons. The molecule has 0 aromatic heterocycles. The number of hydrogen-bond acceptors (Lipinski definition) is 3. The molecule has 3 aromatic carbocycles. The van der Waals surface area contributed by atoms with Crippen molar-refractivity contribution in [3.8, 4) is 17.2 Å². The van der Waals surface area contributed by atoms with Gasteiger partial charge in [-0.25, -0.2) is 4.79 Å². The molecule has 0 aliphatic rings. The summed E-state index contributed by atoms with van der Waals surface area (Å²) in [5.74, 6) is 2.31. The van der Waals surface area contributed by atoms with Gasteiger partial charge in [-0.15, -0.1) is 0 Å². The van der Waals surface area contributed by atoms with Crippen LogP contribution in [-0.4, -0.2) is 23.6 Å². The summed E-state index contributed by atoms with van der Waals surface area (Å²) in [4.78, 5) is 14.7. The first-order valence-corrected chi connectivity index (χ1v) is 10.2. The van der Waals surface area contributed by atoms with E-state index in [4.69, 9.17) is 9.47 Å². The van der Waals surface area contributed by atoms with E-state index in [-0.39, 0.29) is 12.1 Å². The van der Waals surface area contributed by atoms with E-state index < -0.39 is 0 Å². The van der Waals surface area contributed by atoms with Gasteiger partial charge in [0, 0.05) is 18.3 Å². The van der Waals surface area contributed by atoms with Gasteiger partial charge in [-0.1, -0.05) is 30.3 Å². The van der Waals surface area contributed by atoms with Gasteiger partial charge in [0.05, 0.1) is 6.61 Å². The largest absolute Gasteiger partial charge is 0.494 e. The fraction of sp³-hybridized carbons (Fsp3) is 0.240. The number of urea groups is 1. The minimum atomic E-state index is -0.149. The smallest absolute Gasteiger partial charge is 0.322 e. The number of amides is 2. The van der Waals surface area contributed by atoms with Crippen LogP contribution in [0.4, 0.5) is 10.5 Å². The normalized spacial score (nSPS) is 10.5. The summed E-state index contributed by atoms with van der Waals surface area (Å²) in [5, 5.41) is 2.97. The third-order valence-corrected chi connectivity index (χ3v) is 4.53. The van der Waals surface area contributed by atoms with Crippen LogP contribution < -0.4 is 14.8 Å². The number of carbonyl (C=O) groups is 1. The van der Waals surface area contributed by atoms with Crippen LogP contribution in [0.3, 0.4) is 0 Å². The van der Waals surface area contributed by atoms with Gasteiger partial charge < -0.3 is 19.7 Å². The van der Waals surface area contributed by atoms with Crippen molar-refractivity contribution in [2.75, 3.05) is 11.9 Å². The zero-order chi connectivity index (χ0) is 21.3. The van der Waals surface area contributed by atoms with Gasteiger partial charge in [-0.05, 0) is 74.9 Å². The number of nitrogens with zero attached hydrogens (tertiary/aromatic N) is 1. The lowest BCUT2D eigenvalue weighted by atomic mass is 10.2. The molecule has 30 heavy (non-hydrogen) atoms. The summed E-state index contributed by atoms with van der Waals surface area (Å²) in [6, 6.07) is 24.7. The zero-order valence-electron chi connectivity index (χ0n) is 17.7. The topological polar surface area (TPSA) is 50.8 Å². The second kappa shape index (κ2) is 10.3. The van der Waals surface area contributed by atoms with Crippen molar-refractivity contribution in [1.82, 2.24) is 4.90 Å². The number of para-hydroxylation sites is 1. The van der Waals surface area contributed by atoms with Gasteiger partial charge >= 0.3 is 6.03 Å². The van der Waals surface area contributed by atoms with Crippen LogP contribution in [0.25, 0.3) is 0 Å². The highest BCUT2D eigenvalue weighted by Gasteiger charge is 2.18. The third-order valence-electron chi connectivity index (χ3n) is 4.53. The number of hydrogen-bond donors (Lipinski definition) is 1. The van der Waals surface area contributed by atoms with Crippen molar-refractivity contribution >= 4 is 11.7 Å². The Hall–Kier alpha value is -3.47. The van der Waals surface area contributed by atoms with Crippen molar-refractivity contribution in [1.29, 1.82) is 0 Å². The quantitative estimate of drug-likeness (QED) is 0.478. The predicted octanol–water partition coefficient (Wildman–Crippen LogP) is 6.32. The Bertz CT molecular complexity index is 940.